The summed E-state index contributed by atoms with van der Waals surface area (Å²) in [6, 6.07) is 6.67. The van der Waals surface area contributed by atoms with Crippen LogP contribution in [0.2, 0.25) is 0 Å². The minimum absolute atomic E-state index is 0.211. The molecule has 1 aromatic rings. The number of hydrogen-bond acceptors (Lipinski definition) is 4. The number of hydrogen-bond donors (Lipinski definition) is 1. The summed E-state index contributed by atoms with van der Waals surface area (Å²) in [5, 5.41) is 3.39. The van der Waals surface area contributed by atoms with Crippen LogP contribution < -0.4 is 14.8 Å². The van der Waals surface area contributed by atoms with E-state index >= 15 is 0 Å². The topological polar surface area (TPSA) is 33.7 Å². The monoisotopic (exact) mass is 280 g/mol. The molecule has 1 atom stereocenters. The Morgan fingerprint density at radius 2 is 1.90 bits per heavy atom. The molecule has 4 heteroatoms. The Labute approximate surface area is 123 Å². The number of methoxy groups -OCH3 is 2. The molecule has 0 aromatic heterocycles. The molecule has 0 bridgehead atoms. The minimum Gasteiger partial charge on any atom is -0.497 e. The Balaban J connectivity index is 3.03. The fourth-order valence-electron chi connectivity index (χ4n) is 2.40. The Kier molecular flexibility index (Phi) is 6.82. The molecule has 1 rings (SSSR count). The van der Waals surface area contributed by atoms with Crippen LogP contribution in [0.5, 0.6) is 11.5 Å². The molecule has 0 aliphatic carbocycles. The molecule has 20 heavy (non-hydrogen) atoms. The van der Waals surface area contributed by atoms with Crippen LogP contribution in [0.1, 0.15) is 32.4 Å². The number of ether oxygens (including phenoxy) is 2. The van der Waals surface area contributed by atoms with Gasteiger partial charge in [0.25, 0.3) is 0 Å². The summed E-state index contributed by atoms with van der Waals surface area (Å²) in [6.07, 6.45) is 0. The van der Waals surface area contributed by atoms with Crippen LogP contribution in [0.3, 0.4) is 0 Å². The van der Waals surface area contributed by atoms with Crippen LogP contribution in [0, 0.1) is 0 Å². The molecule has 4 nitrogen and oxygen atoms in total. The third-order valence-corrected chi connectivity index (χ3v) is 3.71. The highest BCUT2D eigenvalue weighted by molar-refractivity contribution is 5.42. The second-order valence-electron chi connectivity index (χ2n) is 5.13. The quantitative estimate of drug-likeness (QED) is 0.794. The molecular formula is C16H28N2O2. The Bertz CT molecular complexity index is 407. The molecule has 0 spiro atoms. The first-order valence-electron chi connectivity index (χ1n) is 7.20. The van der Waals surface area contributed by atoms with Crippen molar-refractivity contribution in [2.45, 2.75) is 32.9 Å². The molecule has 0 aliphatic rings. The zero-order valence-corrected chi connectivity index (χ0v) is 13.6. The van der Waals surface area contributed by atoms with E-state index in [1.807, 2.05) is 25.2 Å². The lowest BCUT2D eigenvalue weighted by Crippen LogP contribution is -2.38. The standard InChI is InChI=1S/C16H28N2O2/c1-7-18(12(2)3)11-15(17-4)14-10-13(19-5)8-9-16(14)20-6/h8-10,12,15,17H,7,11H2,1-6H3. The van der Waals surface area contributed by atoms with Gasteiger partial charge in [0.05, 0.1) is 14.2 Å². The lowest BCUT2D eigenvalue weighted by molar-refractivity contribution is 0.209. The van der Waals surface area contributed by atoms with Crippen molar-refractivity contribution in [1.82, 2.24) is 10.2 Å². The summed E-state index contributed by atoms with van der Waals surface area (Å²) in [5.41, 5.74) is 1.13. The van der Waals surface area contributed by atoms with Crippen molar-refractivity contribution >= 4 is 0 Å². The van der Waals surface area contributed by atoms with Crippen molar-refractivity contribution in [1.29, 1.82) is 0 Å². The summed E-state index contributed by atoms with van der Waals surface area (Å²) < 4.78 is 10.8. The van der Waals surface area contributed by atoms with Gasteiger partial charge in [0.1, 0.15) is 11.5 Å². The van der Waals surface area contributed by atoms with Gasteiger partial charge in [0, 0.05) is 24.2 Å². The highest BCUT2D eigenvalue weighted by atomic mass is 16.5. The van der Waals surface area contributed by atoms with E-state index in [0.29, 0.717) is 6.04 Å². The Morgan fingerprint density at radius 3 is 2.35 bits per heavy atom. The van der Waals surface area contributed by atoms with Gasteiger partial charge in [0.15, 0.2) is 0 Å². The number of nitrogens with one attached hydrogen (secondary N) is 1. The summed E-state index contributed by atoms with van der Waals surface area (Å²) >= 11 is 0. The van der Waals surface area contributed by atoms with E-state index in [9.17, 15) is 0 Å². The van der Waals surface area contributed by atoms with Gasteiger partial charge in [0.2, 0.25) is 0 Å². The first-order valence-corrected chi connectivity index (χ1v) is 7.20. The first-order chi connectivity index (χ1) is 9.57. The number of likely N-dealkylation sites (N-methyl/N-ethyl adjacent to an activating group) is 2. The molecular weight excluding hydrogens is 252 g/mol. The van der Waals surface area contributed by atoms with Crippen molar-refractivity contribution in [3.63, 3.8) is 0 Å². The number of nitrogens with zero attached hydrogens (tertiary/aromatic N) is 1. The maximum atomic E-state index is 5.49. The van der Waals surface area contributed by atoms with Gasteiger partial charge in [-0.05, 0) is 45.6 Å². The van der Waals surface area contributed by atoms with Crippen molar-refractivity contribution in [3.8, 4) is 11.5 Å². The van der Waals surface area contributed by atoms with E-state index in [1.165, 1.54) is 0 Å². The van der Waals surface area contributed by atoms with Crippen LogP contribution in [0.25, 0.3) is 0 Å². The number of rotatable bonds is 8. The zero-order valence-electron chi connectivity index (χ0n) is 13.6. The van der Waals surface area contributed by atoms with E-state index in [4.69, 9.17) is 9.47 Å². The van der Waals surface area contributed by atoms with E-state index in [1.54, 1.807) is 14.2 Å². The van der Waals surface area contributed by atoms with Gasteiger partial charge in [-0.15, -0.1) is 0 Å². The van der Waals surface area contributed by atoms with Gasteiger partial charge < -0.3 is 14.8 Å². The Hall–Kier alpha value is -1.26. The fourth-order valence-corrected chi connectivity index (χ4v) is 2.40. The van der Waals surface area contributed by atoms with E-state index in [-0.39, 0.29) is 6.04 Å². The molecule has 0 saturated heterocycles. The van der Waals surface area contributed by atoms with Gasteiger partial charge in [-0.1, -0.05) is 6.92 Å². The molecule has 1 aromatic carbocycles. The van der Waals surface area contributed by atoms with Crippen molar-refractivity contribution in [3.05, 3.63) is 23.8 Å². The lowest BCUT2D eigenvalue weighted by Gasteiger charge is -2.30. The maximum Gasteiger partial charge on any atom is 0.123 e. The van der Waals surface area contributed by atoms with E-state index < -0.39 is 0 Å². The molecule has 0 aliphatic heterocycles. The van der Waals surface area contributed by atoms with Gasteiger partial charge >= 0.3 is 0 Å². The fraction of sp³-hybridized carbons (Fsp3) is 0.625. The van der Waals surface area contributed by atoms with Crippen LogP contribution in [0.4, 0.5) is 0 Å². The Morgan fingerprint density at radius 1 is 1.20 bits per heavy atom. The van der Waals surface area contributed by atoms with Crippen molar-refractivity contribution in [2.24, 2.45) is 0 Å². The van der Waals surface area contributed by atoms with E-state index in [2.05, 4.69) is 31.0 Å². The summed E-state index contributed by atoms with van der Waals surface area (Å²) in [4.78, 5) is 2.43. The first kappa shape index (κ1) is 16.8. The third kappa shape index (κ3) is 4.12. The predicted molar refractivity (Wildman–Crippen MR) is 83.7 cm³/mol. The largest absolute Gasteiger partial charge is 0.497 e. The second-order valence-corrected chi connectivity index (χ2v) is 5.13. The smallest absolute Gasteiger partial charge is 0.123 e. The highest BCUT2D eigenvalue weighted by Gasteiger charge is 2.19. The third-order valence-electron chi connectivity index (χ3n) is 3.71. The summed E-state index contributed by atoms with van der Waals surface area (Å²) in [6.45, 7) is 8.60. The van der Waals surface area contributed by atoms with E-state index in [0.717, 1.165) is 30.2 Å². The molecule has 1 unspecified atom stereocenters. The molecule has 0 fully saturated rings. The van der Waals surface area contributed by atoms with Crippen LogP contribution in [-0.2, 0) is 0 Å². The average molecular weight is 280 g/mol. The molecule has 114 valence electrons. The van der Waals surface area contributed by atoms with Crippen LogP contribution in [-0.4, -0.2) is 45.3 Å². The predicted octanol–water partition coefficient (Wildman–Crippen LogP) is 2.69. The molecule has 0 heterocycles. The second kappa shape index (κ2) is 8.12. The molecule has 0 radical (unpaired) electrons. The van der Waals surface area contributed by atoms with Crippen molar-refractivity contribution in [2.75, 3.05) is 34.4 Å². The minimum atomic E-state index is 0.211. The van der Waals surface area contributed by atoms with Crippen LogP contribution >= 0.6 is 0 Å². The summed E-state index contributed by atoms with van der Waals surface area (Å²) in [7, 11) is 5.38. The van der Waals surface area contributed by atoms with Gasteiger partial charge in [-0.2, -0.15) is 0 Å². The molecule has 0 saturated carbocycles. The van der Waals surface area contributed by atoms with Crippen molar-refractivity contribution < 1.29 is 9.47 Å². The number of benzene rings is 1. The lowest BCUT2D eigenvalue weighted by atomic mass is 10.0. The molecule has 1 N–H and O–H groups in total. The normalized spacial score (nSPS) is 12.8. The SMILES string of the molecule is CCN(CC(NC)c1cc(OC)ccc1OC)C(C)C. The highest BCUT2D eigenvalue weighted by Crippen LogP contribution is 2.30. The van der Waals surface area contributed by atoms with Gasteiger partial charge in [-0.3, -0.25) is 4.90 Å². The average Bonchev–Trinajstić information content (AvgIpc) is 2.47. The zero-order chi connectivity index (χ0) is 15.1. The van der Waals surface area contributed by atoms with Gasteiger partial charge in [-0.25, -0.2) is 0 Å². The van der Waals surface area contributed by atoms with Crippen LogP contribution in [0.15, 0.2) is 18.2 Å². The molecule has 0 amide bonds. The summed E-state index contributed by atoms with van der Waals surface area (Å²) in [5.74, 6) is 1.75. The maximum absolute atomic E-state index is 5.49.